The minimum absolute atomic E-state index is 0.0473. The monoisotopic (exact) mass is 508 g/mol. The van der Waals surface area contributed by atoms with E-state index < -0.39 is 20.9 Å². The van der Waals surface area contributed by atoms with E-state index in [0.29, 0.717) is 4.75 Å². The van der Waals surface area contributed by atoms with E-state index in [4.69, 9.17) is 4.74 Å². The molecule has 0 bridgehead atoms. The number of unbranched alkanes of at least 4 members (excludes halogenated alkanes) is 5. The molecule has 4 heteroatoms. The van der Waals surface area contributed by atoms with Gasteiger partial charge in [0.25, 0.3) is 0 Å². The standard InChI is InChI=1S/C23H38O2STe/c1-5-6-7-8-9-11-15-20(16-14-19-26-23(2,3)4)25-22(24)27-21-17-12-10-13-18-21/h10,12-13,17-18,20H,5-9,11,14-16,19H2,1-4H3. The Bertz CT molecular complexity index is 499. The van der Waals surface area contributed by atoms with Gasteiger partial charge in [-0.25, -0.2) is 0 Å². The van der Waals surface area contributed by atoms with Crippen LogP contribution < -0.4 is 3.61 Å². The zero-order chi connectivity index (χ0) is 20.0. The van der Waals surface area contributed by atoms with Crippen LogP contribution in [0.2, 0.25) is 0 Å². The number of hydrogen-bond donors (Lipinski definition) is 0. The third-order valence-corrected chi connectivity index (χ3v) is 7.85. The molecular weight excluding hydrogens is 468 g/mol. The van der Waals surface area contributed by atoms with Crippen LogP contribution in [0, 0.1) is 0 Å². The van der Waals surface area contributed by atoms with Crippen LogP contribution in [0.1, 0.15) is 85.5 Å². The molecule has 0 saturated carbocycles. The van der Waals surface area contributed by atoms with Crippen molar-refractivity contribution in [3.05, 3.63) is 30.3 Å². The summed E-state index contributed by atoms with van der Waals surface area (Å²) in [4.78, 5) is 12.4. The molecule has 1 rings (SSSR count). The van der Waals surface area contributed by atoms with Crippen LogP contribution in [-0.2, 0) is 4.74 Å². The molecule has 0 aliphatic heterocycles. The Morgan fingerprint density at radius 3 is 2.30 bits per heavy atom. The number of benzene rings is 1. The van der Waals surface area contributed by atoms with E-state index in [1.165, 1.54) is 38.5 Å². The first-order chi connectivity index (χ1) is 12.9. The molecule has 154 valence electrons. The molecule has 0 aliphatic rings. The molecule has 1 atom stereocenters. The first-order valence-corrected chi connectivity index (χ1v) is 13.8. The maximum absolute atomic E-state index is 12.4. The molecular formula is C23H38O2STe. The van der Waals surface area contributed by atoms with Gasteiger partial charge in [-0.05, 0) is 0 Å². The molecule has 27 heavy (non-hydrogen) atoms. The summed E-state index contributed by atoms with van der Waals surface area (Å²) in [6, 6.07) is 10.1. The van der Waals surface area contributed by atoms with E-state index in [1.807, 2.05) is 42.1 Å². The molecule has 1 aromatic rings. The summed E-state index contributed by atoms with van der Waals surface area (Å²) < 4.78 is 7.44. The fourth-order valence-electron chi connectivity index (χ4n) is 2.85. The van der Waals surface area contributed by atoms with Gasteiger partial charge >= 0.3 is 182 Å². The van der Waals surface area contributed by atoms with E-state index in [9.17, 15) is 4.79 Å². The Labute approximate surface area is 181 Å². The summed E-state index contributed by atoms with van der Waals surface area (Å²) in [7, 11) is 0. The number of carbonyl (C=O) groups is 1. The van der Waals surface area contributed by atoms with Gasteiger partial charge in [-0.1, -0.05) is 0 Å². The summed E-state index contributed by atoms with van der Waals surface area (Å²) in [5, 5.41) is 0. The van der Waals surface area contributed by atoms with Gasteiger partial charge < -0.3 is 0 Å². The zero-order valence-corrected chi connectivity index (χ0v) is 20.8. The van der Waals surface area contributed by atoms with Crippen molar-refractivity contribution < 1.29 is 9.53 Å². The summed E-state index contributed by atoms with van der Waals surface area (Å²) in [6.45, 7) is 9.03. The average molecular weight is 506 g/mol. The second kappa shape index (κ2) is 14.8. The van der Waals surface area contributed by atoms with Gasteiger partial charge in [-0.15, -0.1) is 0 Å². The van der Waals surface area contributed by atoms with Crippen LogP contribution in [0.15, 0.2) is 30.3 Å². The molecule has 0 aromatic heterocycles. The molecule has 0 amide bonds. The Morgan fingerprint density at radius 2 is 1.63 bits per heavy atom. The Balaban J connectivity index is 2.39. The van der Waals surface area contributed by atoms with Gasteiger partial charge in [0.1, 0.15) is 0 Å². The molecule has 1 unspecified atom stereocenters. The Kier molecular flexibility index (Phi) is 13.6. The number of carbonyl (C=O) groups excluding carboxylic acids is 1. The maximum atomic E-state index is 12.4. The number of hydrogen-bond acceptors (Lipinski definition) is 3. The topological polar surface area (TPSA) is 26.3 Å². The van der Waals surface area contributed by atoms with Gasteiger partial charge in [-0.3, -0.25) is 0 Å². The van der Waals surface area contributed by atoms with Crippen molar-refractivity contribution >= 4 is 40.3 Å². The summed E-state index contributed by atoms with van der Waals surface area (Å²) in [6.07, 6.45) is 11.0. The number of thioether (sulfide) groups is 1. The van der Waals surface area contributed by atoms with Crippen molar-refractivity contribution in [1.82, 2.24) is 0 Å². The van der Waals surface area contributed by atoms with Gasteiger partial charge in [0.15, 0.2) is 0 Å². The van der Waals surface area contributed by atoms with Crippen LogP contribution >= 0.6 is 11.8 Å². The number of rotatable bonds is 14. The second-order valence-electron chi connectivity index (χ2n) is 8.06. The number of ether oxygens (including phenoxy) is 1. The van der Waals surface area contributed by atoms with E-state index in [-0.39, 0.29) is 10.1 Å². The van der Waals surface area contributed by atoms with Crippen LogP contribution in [0.3, 0.4) is 0 Å². The quantitative estimate of drug-likeness (QED) is 0.211. The van der Waals surface area contributed by atoms with Gasteiger partial charge in [0.2, 0.25) is 0 Å². The third-order valence-electron chi connectivity index (χ3n) is 4.29. The van der Waals surface area contributed by atoms with Gasteiger partial charge in [-0.2, -0.15) is 0 Å². The van der Waals surface area contributed by atoms with Gasteiger partial charge in [0, 0.05) is 0 Å². The van der Waals surface area contributed by atoms with Crippen LogP contribution in [0.25, 0.3) is 0 Å². The summed E-state index contributed by atoms with van der Waals surface area (Å²) in [5.74, 6) is 1.14. The van der Waals surface area contributed by atoms with Crippen molar-refractivity contribution in [3.63, 3.8) is 0 Å². The van der Waals surface area contributed by atoms with E-state index in [2.05, 4.69) is 27.7 Å². The van der Waals surface area contributed by atoms with Crippen LogP contribution in [-0.4, -0.2) is 41.5 Å². The molecule has 0 heterocycles. The van der Waals surface area contributed by atoms with Crippen molar-refractivity contribution in [2.75, 3.05) is 5.75 Å². The fourth-order valence-corrected chi connectivity index (χ4v) is 5.68. The Hall–Kier alpha value is -0.170. The van der Waals surface area contributed by atoms with Gasteiger partial charge in [0.05, 0.1) is 0 Å². The molecule has 0 saturated heterocycles. The van der Waals surface area contributed by atoms with Crippen molar-refractivity contribution in [1.29, 1.82) is 0 Å². The van der Waals surface area contributed by atoms with Crippen molar-refractivity contribution in [3.8, 4) is 0 Å². The van der Waals surface area contributed by atoms with Crippen molar-refractivity contribution in [2.45, 2.75) is 96.3 Å². The molecule has 0 spiro atoms. The predicted molar refractivity (Wildman–Crippen MR) is 122 cm³/mol. The second-order valence-corrected chi connectivity index (χ2v) is 12.9. The molecule has 2 nitrogen and oxygen atoms in total. The fraction of sp³-hybridized carbons (Fsp3) is 0.696. The van der Waals surface area contributed by atoms with Crippen LogP contribution in [0.4, 0.5) is 4.79 Å². The predicted octanol–water partition coefficient (Wildman–Crippen LogP) is 6.58. The Morgan fingerprint density at radius 1 is 1.00 bits per heavy atom. The molecule has 0 aliphatic carbocycles. The normalized spacial score (nSPS) is 12.7. The molecule has 0 radical (unpaired) electrons. The average Bonchev–Trinajstić information content (AvgIpc) is 2.61. The molecule has 1 aromatic carbocycles. The van der Waals surface area contributed by atoms with Crippen LogP contribution in [0.5, 0.6) is 0 Å². The third kappa shape index (κ3) is 14.5. The van der Waals surface area contributed by atoms with E-state index in [0.717, 1.165) is 28.6 Å². The zero-order valence-electron chi connectivity index (χ0n) is 17.7. The first-order valence-electron chi connectivity index (χ1n) is 10.5. The van der Waals surface area contributed by atoms with E-state index >= 15 is 0 Å². The van der Waals surface area contributed by atoms with Crippen molar-refractivity contribution in [2.24, 2.45) is 0 Å². The minimum atomic E-state index is -0.899. The van der Waals surface area contributed by atoms with E-state index in [1.54, 1.807) is 0 Å². The molecule has 0 fully saturated rings. The first kappa shape index (κ1) is 24.9. The molecule has 0 N–H and O–H groups in total. The summed E-state index contributed by atoms with van der Waals surface area (Å²) >= 11 is 1.10. The summed E-state index contributed by atoms with van der Waals surface area (Å²) in [5.41, 5.74) is 0. The SMILES string of the molecule is CCCCCCCCC(CCCSC(C)(C)C)OC(=O)[Te]c1ccccc1.